The Hall–Kier alpha value is -1.98. The van der Waals surface area contributed by atoms with E-state index in [0.29, 0.717) is 11.4 Å². The molecule has 3 rings (SSSR count). The SMILES string of the molecule is Cc1nc(-c2ccc(CN3CCNCC3)cc2)[nH]c(=O)c1C. The molecule has 5 nitrogen and oxygen atoms in total. The Morgan fingerprint density at radius 2 is 1.82 bits per heavy atom. The molecule has 0 radical (unpaired) electrons. The second-order valence-electron chi connectivity index (χ2n) is 5.85. The van der Waals surface area contributed by atoms with Gasteiger partial charge in [-0.2, -0.15) is 0 Å². The largest absolute Gasteiger partial charge is 0.314 e. The maximum absolute atomic E-state index is 11.9. The van der Waals surface area contributed by atoms with Crippen molar-refractivity contribution in [3.05, 3.63) is 51.4 Å². The molecule has 1 aromatic carbocycles. The minimum absolute atomic E-state index is 0.0626. The Bertz CT molecular complexity index is 700. The number of benzene rings is 1. The molecule has 0 atom stereocenters. The van der Waals surface area contributed by atoms with Crippen LogP contribution in [0.2, 0.25) is 0 Å². The molecule has 116 valence electrons. The van der Waals surface area contributed by atoms with Crippen LogP contribution in [0.25, 0.3) is 11.4 Å². The van der Waals surface area contributed by atoms with Crippen LogP contribution in [0.3, 0.4) is 0 Å². The fraction of sp³-hybridized carbons (Fsp3) is 0.412. The molecule has 0 aliphatic carbocycles. The molecule has 1 saturated heterocycles. The van der Waals surface area contributed by atoms with Crippen LogP contribution in [0, 0.1) is 13.8 Å². The third kappa shape index (κ3) is 3.26. The van der Waals surface area contributed by atoms with Gasteiger partial charge in [0.1, 0.15) is 5.82 Å². The van der Waals surface area contributed by atoms with Gasteiger partial charge in [0.15, 0.2) is 0 Å². The summed E-state index contributed by atoms with van der Waals surface area (Å²) in [4.78, 5) is 21.6. The average molecular weight is 298 g/mol. The summed E-state index contributed by atoms with van der Waals surface area (Å²) >= 11 is 0. The first-order valence-corrected chi connectivity index (χ1v) is 7.73. The van der Waals surface area contributed by atoms with Gasteiger partial charge in [-0.15, -0.1) is 0 Å². The van der Waals surface area contributed by atoms with Crippen molar-refractivity contribution in [2.24, 2.45) is 0 Å². The van der Waals surface area contributed by atoms with E-state index >= 15 is 0 Å². The van der Waals surface area contributed by atoms with Crippen molar-refractivity contribution in [2.45, 2.75) is 20.4 Å². The van der Waals surface area contributed by atoms with Gasteiger partial charge < -0.3 is 10.3 Å². The first-order valence-electron chi connectivity index (χ1n) is 7.73. The first kappa shape index (κ1) is 14.9. The summed E-state index contributed by atoms with van der Waals surface area (Å²) in [6.45, 7) is 8.94. The van der Waals surface area contributed by atoms with Gasteiger partial charge in [0.05, 0.1) is 0 Å². The maximum atomic E-state index is 11.9. The Labute approximate surface area is 130 Å². The third-order valence-corrected chi connectivity index (χ3v) is 4.24. The zero-order chi connectivity index (χ0) is 15.5. The molecule has 1 fully saturated rings. The quantitative estimate of drug-likeness (QED) is 0.900. The lowest BCUT2D eigenvalue weighted by Crippen LogP contribution is -2.42. The highest BCUT2D eigenvalue weighted by Gasteiger charge is 2.10. The summed E-state index contributed by atoms with van der Waals surface area (Å²) in [5.74, 6) is 0.641. The van der Waals surface area contributed by atoms with Crippen LogP contribution in [-0.4, -0.2) is 41.0 Å². The molecule has 0 amide bonds. The van der Waals surface area contributed by atoms with E-state index in [1.54, 1.807) is 6.92 Å². The van der Waals surface area contributed by atoms with Gasteiger partial charge in [0, 0.05) is 49.5 Å². The lowest BCUT2D eigenvalue weighted by molar-refractivity contribution is 0.233. The number of nitrogens with zero attached hydrogens (tertiary/aromatic N) is 2. The van der Waals surface area contributed by atoms with E-state index in [0.717, 1.165) is 44.0 Å². The molecular weight excluding hydrogens is 276 g/mol. The molecule has 1 aromatic heterocycles. The number of H-pyrrole nitrogens is 1. The summed E-state index contributed by atoms with van der Waals surface area (Å²) in [6.07, 6.45) is 0. The van der Waals surface area contributed by atoms with E-state index in [-0.39, 0.29) is 5.56 Å². The van der Waals surface area contributed by atoms with Crippen molar-refractivity contribution in [2.75, 3.05) is 26.2 Å². The lowest BCUT2D eigenvalue weighted by atomic mass is 10.1. The van der Waals surface area contributed by atoms with E-state index in [1.165, 1.54) is 5.56 Å². The van der Waals surface area contributed by atoms with Crippen LogP contribution in [0.15, 0.2) is 29.1 Å². The summed E-state index contributed by atoms with van der Waals surface area (Å²) in [6, 6.07) is 8.30. The van der Waals surface area contributed by atoms with Gasteiger partial charge in [-0.25, -0.2) is 4.98 Å². The summed E-state index contributed by atoms with van der Waals surface area (Å²) in [5.41, 5.74) is 3.64. The second kappa shape index (κ2) is 6.42. The molecule has 0 saturated carbocycles. The maximum Gasteiger partial charge on any atom is 0.254 e. The number of hydrogen-bond acceptors (Lipinski definition) is 4. The molecule has 1 aliphatic heterocycles. The standard InChI is InChI=1S/C17H22N4O/c1-12-13(2)19-16(20-17(12)22)15-5-3-14(4-6-15)11-21-9-7-18-8-10-21/h3-6,18H,7-11H2,1-2H3,(H,19,20,22). The molecule has 2 aromatic rings. The monoisotopic (exact) mass is 298 g/mol. The van der Waals surface area contributed by atoms with Crippen LogP contribution < -0.4 is 10.9 Å². The third-order valence-electron chi connectivity index (χ3n) is 4.24. The fourth-order valence-corrected chi connectivity index (χ4v) is 2.68. The van der Waals surface area contributed by atoms with E-state index in [2.05, 4.69) is 32.3 Å². The van der Waals surface area contributed by atoms with Gasteiger partial charge in [-0.05, 0) is 19.4 Å². The molecular formula is C17H22N4O. The number of aromatic amines is 1. The van der Waals surface area contributed by atoms with Crippen molar-refractivity contribution < 1.29 is 0 Å². The topological polar surface area (TPSA) is 61.0 Å². The number of aryl methyl sites for hydroxylation is 1. The van der Waals surface area contributed by atoms with Crippen molar-refractivity contribution in [1.82, 2.24) is 20.2 Å². The Morgan fingerprint density at radius 3 is 2.45 bits per heavy atom. The molecule has 22 heavy (non-hydrogen) atoms. The average Bonchev–Trinajstić information content (AvgIpc) is 2.54. The van der Waals surface area contributed by atoms with E-state index in [9.17, 15) is 4.79 Å². The molecule has 2 N–H and O–H groups in total. The van der Waals surface area contributed by atoms with Crippen LogP contribution in [0.1, 0.15) is 16.8 Å². The smallest absolute Gasteiger partial charge is 0.254 e. The van der Waals surface area contributed by atoms with Crippen LogP contribution in [0.5, 0.6) is 0 Å². The van der Waals surface area contributed by atoms with E-state index in [4.69, 9.17) is 0 Å². The summed E-state index contributed by atoms with van der Waals surface area (Å²) in [5, 5.41) is 3.36. The second-order valence-corrected chi connectivity index (χ2v) is 5.85. The predicted octanol–water partition coefficient (Wildman–Crippen LogP) is 1.46. The van der Waals surface area contributed by atoms with E-state index in [1.807, 2.05) is 19.1 Å². The predicted molar refractivity (Wildman–Crippen MR) is 87.9 cm³/mol. The van der Waals surface area contributed by atoms with Crippen molar-refractivity contribution in [3.8, 4) is 11.4 Å². The van der Waals surface area contributed by atoms with Crippen molar-refractivity contribution in [3.63, 3.8) is 0 Å². The van der Waals surface area contributed by atoms with Crippen molar-refractivity contribution in [1.29, 1.82) is 0 Å². The summed E-state index contributed by atoms with van der Waals surface area (Å²) in [7, 11) is 0. The molecule has 1 aliphatic rings. The van der Waals surface area contributed by atoms with Crippen LogP contribution in [-0.2, 0) is 6.54 Å². The minimum Gasteiger partial charge on any atom is -0.314 e. The van der Waals surface area contributed by atoms with Gasteiger partial charge in [0.2, 0.25) is 0 Å². The number of rotatable bonds is 3. The number of aromatic nitrogens is 2. The normalized spacial score (nSPS) is 15.9. The highest BCUT2D eigenvalue weighted by atomic mass is 16.1. The zero-order valence-electron chi connectivity index (χ0n) is 13.1. The molecule has 0 bridgehead atoms. The highest BCUT2D eigenvalue weighted by Crippen LogP contribution is 2.16. The van der Waals surface area contributed by atoms with Gasteiger partial charge in [0.25, 0.3) is 5.56 Å². The summed E-state index contributed by atoms with van der Waals surface area (Å²) < 4.78 is 0. The molecule has 0 spiro atoms. The van der Waals surface area contributed by atoms with Gasteiger partial charge >= 0.3 is 0 Å². The zero-order valence-corrected chi connectivity index (χ0v) is 13.1. The molecule has 5 heteroatoms. The first-order chi connectivity index (χ1) is 10.6. The van der Waals surface area contributed by atoms with Crippen LogP contribution >= 0.6 is 0 Å². The fourth-order valence-electron chi connectivity index (χ4n) is 2.68. The Balaban J connectivity index is 1.77. The number of nitrogens with one attached hydrogen (secondary N) is 2. The molecule has 0 unspecified atom stereocenters. The molecule has 2 heterocycles. The number of hydrogen-bond donors (Lipinski definition) is 2. The van der Waals surface area contributed by atoms with Gasteiger partial charge in [-0.3, -0.25) is 9.69 Å². The van der Waals surface area contributed by atoms with Crippen molar-refractivity contribution >= 4 is 0 Å². The Kier molecular flexibility index (Phi) is 4.36. The number of piperazine rings is 1. The Morgan fingerprint density at radius 1 is 1.14 bits per heavy atom. The minimum atomic E-state index is -0.0626. The van der Waals surface area contributed by atoms with E-state index < -0.39 is 0 Å². The lowest BCUT2D eigenvalue weighted by Gasteiger charge is -2.27. The van der Waals surface area contributed by atoms with Crippen LogP contribution in [0.4, 0.5) is 0 Å². The highest BCUT2D eigenvalue weighted by molar-refractivity contribution is 5.55. The van der Waals surface area contributed by atoms with Gasteiger partial charge in [-0.1, -0.05) is 24.3 Å².